The quantitative estimate of drug-likeness (QED) is 0.674. The standard InChI is InChI=1S/C12H14N4O4S2/c1-12(2,3)10-13-14-11(21-10)15-22(19,20)9-7-5-4-6-8(9)16(17)18/h4-7H,1-3H3,(H,14,15). The molecule has 0 spiro atoms. The number of nitro groups is 1. The molecule has 0 amide bonds. The van der Waals surface area contributed by atoms with Crippen LogP contribution in [0.15, 0.2) is 29.2 Å². The van der Waals surface area contributed by atoms with Gasteiger partial charge in [0.1, 0.15) is 5.01 Å². The first-order valence-electron chi connectivity index (χ1n) is 6.21. The lowest BCUT2D eigenvalue weighted by Gasteiger charge is -2.12. The van der Waals surface area contributed by atoms with E-state index in [0.29, 0.717) is 5.01 Å². The summed E-state index contributed by atoms with van der Waals surface area (Å²) in [7, 11) is -4.10. The van der Waals surface area contributed by atoms with Gasteiger partial charge in [0.05, 0.1) is 4.92 Å². The maximum atomic E-state index is 12.3. The van der Waals surface area contributed by atoms with Crippen LogP contribution in [0.4, 0.5) is 10.8 Å². The minimum atomic E-state index is -4.10. The zero-order chi connectivity index (χ0) is 16.5. The van der Waals surface area contributed by atoms with Crippen LogP contribution in [0.25, 0.3) is 0 Å². The van der Waals surface area contributed by atoms with Crippen molar-refractivity contribution < 1.29 is 13.3 Å². The molecule has 0 radical (unpaired) electrons. The van der Waals surface area contributed by atoms with Gasteiger partial charge in [0.25, 0.3) is 15.7 Å². The summed E-state index contributed by atoms with van der Waals surface area (Å²) < 4.78 is 26.9. The zero-order valence-electron chi connectivity index (χ0n) is 12.1. The van der Waals surface area contributed by atoms with Crippen LogP contribution < -0.4 is 4.72 Å². The van der Waals surface area contributed by atoms with Crippen LogP contribution in [0, 0.1) is 10.1 Å². The summed E-state index contributed by atoms with van der Waals surface area (Å²) in [4.78, 5) is 9.79. The van der Waals surface area contributed by atoms with Crippen molar-refractivity contribution in [3.8, 4) is 0 Å². The number of hydrogen-bond acceptors (Lipinski definition) is 7. The number of aromatic nitrogens is 2. The molecule has 0 saturated heterocycles. The molecule has 8 nitrogen and oxygen atoms in total. The predicted molar refractivity (Wildman–Crippen MR) is 82.5 cm³/mol. The summed E-state index contributed by atoms with van der Waals surface area (Å²) in [6.07, 6.45) is 0. The van der Waals surface area contributed by atoms with Gasteiger partial charge in [-0.2, -0.15) is 0 Å². The predicted octanol–water partition coefficient (Wildman–Crippen LogP) is 2.54. The van der Waals surface area contributed by atoms with Crippen molar-refractivity contribution in [2.45, 2.75) is 31.1 Å². The average Bonchev–Trinajstić information content (AvgIpc) is 2.86. The summed E-state index contributed by atoms with van der Waals surface area (Å²) in [5.41, 5.74) is -0.754. The molecule has 0 unspecified atom stereocenters. The Labute approximate surface area is 131 Å². The van der Waals surface area contributed by atoms with E-state index in [4.69, 9.17) is 0 Å². The van der Waals surface area contributed by atoms with E-state index in [2.05, 4.69) is 14.9 Å². The van der Waals surface area contributed by atoms with Crippen LogP contribution in [0.2, 0.25) is 0 Å². The van der Waals surface area contributed by atoms with Crippen molar-refractivity contribution in [3.63, 3.8) is 0 Å². The normalized spacial score (nSPS) is 12.1. The lowest BCUT2D eigenvalue weighted by Crippen LogP contribution is -2.14. The van der Waals surface area contributed by atoms with Gasteiger partial charge in [0, 0.05) is 11.5 Å². The molecule has 0 atom stereocenters. The molecule has 22 heavy (non-hydrogen) atoms. The third kappa shape index (κ3) is 3.39. The maximum Gasteiger partial charge on any atom is 0.289 e. The fraction of sp³-hybridized carbons (Fsp3) is 0.333. The Hall–Kier alpha value is -2.07. The fourth-order valence-corrected chi connectivity index (χ4v) is 3.78. The van der Waals surface area contributed by atoms with Crippen molar-refractivity contribution in [1.82, 2.24) is 10.2 Å². The van der Waals surface area contributed by atoms with Crippen molar-refractivity contribution >= 4 is 32.2 Å². The number of benzene rings is 1. The topological polar surface area (TPSA) is 115 Å². The summed E-state index contributed by atoms with van der Waals surface area (Å²) >= 11 is 1.09. The minimum Gasteiger partial charge on any atom is -0.258 e. The van der Waals surface area contributed by atoms with Crippen molar-refractivity contribution in [3.05, 3.63) is 39.4 Å². The molecule has 118 valence electrons. The lowest BCUT2D eigenvalue weighted by molar-refractivity contribution is -0.387. The van der Waals surface area contributed by atoms with Gasteiger partial charge in [0.15, 0.2) is 4.90 Å². The van der Waals surface area contributed by atoms with Crippen molar-refractivity contribution in [1.29, 1.82) is 0 Å². The number of para-hydroxylation sites is 1. The molecule has 0 saturated carbocycles. The van der Waals surface area contributed by atoms with Crippen LogP contribution in [-0.2, 0) is 15.4 Å². The monoisotopic (exact) mass is 342 g/mol. The first kappa shape index (κ1) is 16.3. The van der Waals surface area contributed by atoms with Crippen LogP contribution in [0.3, 0.4) is 0 Å². The first-order chi connectivity index (χ1) is 10.1. The van der Waals surface area contributed by atoms with Crippen LogP contribution in [-0.4, -0.2) is 23.5 Å². The van der Waals surface area contributed by atoms with E-state index in [9.17, 15) is 18.5 Å². The van der Waals surface area contributed by atoms with Gasteiger partial charge >= 0.3 is 0 Å². The molecule has 2 aromatic rings. The molecule has 0 aliphatic rings. The van der Waals surface area contributed by atoms with Crippen LogP contribution in [0.5, 0.6) is 0 Å². The number of nitrogens with one attached hydrogen (secondary N) is 1. The number of nitrogens with zero attached hydrogens (tertiary/aromatic N) is 3. The molecule has 1 aromatic heterocycles. The minimum absolute atomic E-state index is 0.0723. The molecule has 0 aliphatic heterocycles. The SMILES string of the molecule is CC(C)(C)c1nnc(NS(=O)(=O)c2ccccc2[N+](=O)[O-])s1. The van der Waals surface area contributed by atoms with Gasteiger partial charge in [-0.3, -0.25) is 14.8 Å². The molecular formula is C12H14N4O4S2. The zero-order valence-corrected chi connectivity index (χ0v) is 13.7. The first-order valence-corrected chi connectivity index (χ1v) is 8.51. The molecule has 1 N–H and O–H groups in total. The molecule has 0 fully saturated rings. The second-order valence-corrected chi connectivity index (χ2v) is 8.12. The summed E-state index contributed by atoms with van der Waals surface area (Å²) in [6.45, 7) is 5.77. The van der Waals surface area contributed by atoms with Gasteiger partial charge in [0.2, 0.25) is 5.13 Å². The highest BCUT2D eigenvalue weighted by Gasteiger charge is 2.27. The fourth-order valence-electron chi connectivity index (χ4n) is 1.57. The van der Waals surface area contributed by atoms with E-state index in [1.54, 1.807) is 0 Å². The Bertz CT molecular complexity index is 809. The molecule has 10 heteroatoms. The number of anilines is 1. The van der Waals surface area contributed by atoms with E-state index in [1.165, 1.54) is 18.2 Å². The summed E-state index contributed by atoms with van der Waals surface area (Å²) in [5, 5.41) is 19.4. The van der Waals surface area contributed by atoms with Gasteiger partial charge in [-0.05, 0) is 6.07 Å². The Morgan fingerprint density at radius 1 is 1.23 bits per heavy atom. The molecule has 0 aliphatic carbocycles. The van der Waals surface area contributed by atoms with E-state index < -0.39 is 25.5 Å². The van der Waals surface area contributed by atoms with Crippen LogP contribution >= 0.6 is 11.3 Å². The smallest absolute Gasteiger partial charge is 0.258 e. The Kier molecular flexibility index (Phi) is 4.16. The second kappa shape index (κ2) is 5.61. The molecular weight excluding hydrogens is 328 g/mol. The maximum absolute atomic E-state index is 12.3. The lowest BCUT2D eigenvalue weighted by atomic mass is 9.98. The summed E-state index contributed by atoms with van der Waals surface area (Å²) in [5.74, 6) is 0. The summed E-state index contributed by atoms with van der Waals surface area (Å²) in [6, 6.07) is 5.13. The highest BCUT2D eigenvalue weighted by Crippen LogP contribution is 2.30. The molecule has 1 heterocycles. The Morgan fingerprint density at radius 3 is 2.41 bits per heavy atom. The number of rotatable bonds is 4. The second-order valence-electron chi connectivity index (χ2n) is 5.49. The van der Waals surface area contributed by atoms with Crippen molar-refractivity contribution in [2.75, 3.05) is 4.72 Å². The third-order valence-corrected chi connectivity index (χ3v) is 5.42. The Balaban J connectivity index is 2.37. The van der Waals surface area contributed by atoms with E-state index in [-0.39, 0.29) is 10.5 Å². The molecule has 1 aromatic carbocycles. The van der Waals surface area contributed by atoms with Gasteiger partial charge < -0.3 is 0 Å². The number of sulfonamides is 1. The van der Waals surface area contributed by atoms with Gasteiger partial charge in [-0.1, -0.05) is 44.2 Å². The van der Waals surface area contributed by atoms with E-state index >= 15 is 0 Å². The number of nitro benzene ring substituents is 1. The van der Waals surface area contributed by atoms with Crippen LogP contribution in [0.1, 0.15) is 25.8 Å². The molecule has 2 rings (SSSR count). The largest absolute Gasteiger partial charge is 0.289 e. The Morgan fingerprint density at radius 2 is 1.86 bits per heavy atom. The van der Waals surface area contributed by atoms with Gasteiger partial charge in [-0.25, -0.2) is 8.42 Å². The van der Waals surface area contributed by atoms with E-state index in [0.717, 1.165) is 17.4 Å². The third-order valence-electron chi connectivity index (χ3n) is 2.64. The average molecular weight is 342 g/mol. The highest BCUT2D eigenvalue weighted by molar-refractivity contribution is 7.93. The van der Waals surface area contributed by atoms with Crippen molar-refractivity contribution in [2.24, 2.45) is 0 Å². The number of hydrogen-bond donors (Lipinski definition) is 1. The molecule has 0 bridgehead atoms. The van der Waals surface area contributed by atoms with E-state index in [1.807, 2.05) is 20.8 Å². The van der Waals surface area contributed by atoms with Gasteiger partial charge in [-0.15, -0.1) is 10.2 Å². The highest BCUT2D eigenvalue weighted by atomic mass is 32.2.